The van der Waals surface area contributed by atoms with Gasteiger partial charge in [-0.1, -0.05) is 0 Å². The molecular formula is C21H26F4N4O3. The molecule has 4 rings (SSSR count). The summed E-state index contributed by atoms with van der Waals surface area (Å²) in [5, 5.41) is 0. The van der Waals surface area contributed by atoms with Gasteiger partial charge < -0.3 is 9.64 Å². The predicted molar refractivity (Wildman–Crippen MR) is 106 cm³/mol. The summed E-state index contributed by atoms with van der Waals surface area (Å²) in [4.78, 5) is 26.7. The SMILES string of the molecule is CC(=O)N1CCCC(COc2cc3c(cc2F)CN(C2CNNC(=O)C2C(F)(F)F)C3)C1. The summed E-state index contributed by atoms with van der Waals surface area (Å²) >= 11 is 0. The maximum atomic E-state index is 14.6. The van der Waals surface area contributed by atoms with Crippen molar-refractivity contribution in [1.29, 1.82) is 0 Å². The average Bonchev–Trinajstić information content (AvgIpc) is 3.13. The molecule has 3 unspecified atom stereocenters. The lowest BCUT2D eigenvalue weighted by atomic mass is 9.95. The van der Waals surface area contributed by atoms with Crippen molar-refractivity contribution < 1.29 is 31.9 Å². The largest absolute Gasteiger partial charge is 0.490 e. The molecular weight excluding hydrogens is 432 g/mol. The van der Waals surface area contributed by atoms with Gasteiger partial charge in [-0.15, -0.1) is 0 Å². The van der Waals surface area contributed by atoms with Crippen LogP contribution in [0.1, 0.15) is 30.9 Å². The summed E-state index contributed by atoms with van der Waals surface area (Å²) in [6.07, 6.45) is -2.95. The number of nitrogens with zero attached hydrogens (tertiary/aromatic N) is 2. The number of benzene rings is 1. The summed E-state index contributed by atoms with van der Waals surface area (Å²) in [6.45, 7) is 3.27. The van der Waals surface area contributed by atoms with Gasteiger partial charge in [-0.05, 0) is 36.1 Å². The number of hydrogen-bond donors (Lipinski definition) is 2. The Kier molecular flexibility index (Phi) is 6.30. The molecule has 32 heavy (non-hydrogen) atoms. The fourth-order valence-corrected chi connectivity index (χ4v) is 4.78. The van der Waals surface area contributed by atoms with Crippen LogP contribution in [0.3, 0.4) is 0 Å². The fraction of sp³-hybridized carbons (Fsp3) is 0.619. The number of alkyl halides is 3. The molecule has 2 amide bonds. The van der Waals surface area contributed by atoms with Gasteiger partial charge in [-0.25, -0.2) is 9.82 Å². The third-order valence-corrected chi connectivity index (χ3v) is 6.45. The summed E-state index contributed by atoms with van der Waals surface area (Å²) in [6, 6.07) is 1.74. The normalized spacial score (nSPS) is 26.6. The number of fused-ring (bicyclic) bond motifs is 1. The van der Waals surface area contributed by atoms with Crippen molar-refractivity contribution in [3.63, 3.8) is 0 Å². The number of piperidine rings is 1. The quantitative estimate of drug-likeness (QED) is 0.675. The predicted octanol–water partition coefficient (Wildman–Crippen LogP) is 1.96. The molecule has 0 aromatic heterocycles. The lowest BCUT2D eigenvalue weighted by Crippen LogP contribution is -2.63. The first-order chi connectivity index (χ1) is 15.1. The average molecular weight is 458 g/mol. The molecule has 0 aliphatic carbocycles. The molecule has 3 atom stereocenters. The van der Waals surface area contributed by atoms with Gasteiger partial charge in [0.1, 0.15) is 0 Å². The third kappa shape index (κ3) is 4.68. The minimum absolute atomic E-state index is 0.00143. The van der Waals surface area contributed by atoms with Gasteiger partial charge in [0.25, 0.3) is 0 Å². The second kappa shape index (κ2) is 8.86. The molecule has 7 nitrogen and oxygen atoms in total. The van der Waals surface area contributed by atoms with Crippen molar-refractivity contribution in [3.8, 4) is 5.75 Å². The molecule has 3 heterocycles. The molecule has 2 N–H and O–H groups in total. The first-order valence-corrected chi connectivity index (χ1v) is 10.7. The summed E-state index contributed by atoms with van der Waals surface area (Å²) in [5.41, 5.74) is 5.83. The zero-order valence-electron chi connectivity index (χ0n) is 17.7. The molecule has 0 radical (unpaired) electrons. The van der Waals surface area contributed by atoms with Crippen molar-refractivity contribution in [2.45, 2.75) is 45.1 Å². The standard InChI is InChI=1S/C21H26F4N4O3/c1-12(30)28-4-2-3-13(8-28)11-32-18-6-15-10-29(9-14(15)5-16(18)22)17-7-26-27-20(31)19(17)21(23,24)25/h5-6,13,17,19,26H,2-4,7-11H2,1H3,(H,27,31). The number of hydrogen-bond acceptors (Lipinski definition) is 5. The number of ether oxygens (including phenoxy) is 1. The molecule has 2 fully saturated rings. The molecule has 11 heteroatoms. The van der Waals surface area contributed by atoms with E-state index in [1.165, 1.54) is 19.1 Å². The van der Waals surface area contributed by atoms with Crippen LogP contribution in [0.15, 0.2) is 12.1 Å². The lowest BCUT2D eigenvalue weighted by Gasteiger charge is -2.38. The summed E-state index contributed by atoms with van der Waals surface area (Å²) < 4.78 is 60.8. The van der Waals surface area contributed by atoms with Crippen molar-refractivity contribution in [2.24, 2.45) is 11.8 Å². The van der Waals surface area contributed by atoms with E-state index < -0.39 is 29.9 Å². The topological polar surface area (TPSA) is 73.9 Å². The van der Waals surface area contributed by atoms with Crippen molar-refractivity contribution >= 4 is 11.8 Å². The zero-order valence-corrected chi connectivity index (χ0v) is 17.7. The van der Waals surface area contributed by atoms with Crippen LogP contribution in [-0.4, -0.2) is 60.1 Å². The molecule has 3 aliphatic heterocycles. The maximum Gasteiger partial charge on any atom is 0.402 e. The lowest BCUT2D eigenvalue weighted by molar-refractivity contribution is -0.201. The summed E-state index contributed by atoms with van der Waals surface area (Å²) in [5.74, 6) is -3.70. The Bertz CT molecular complexity index is 895. The van der Waals surface area contributed by atoms with E-state index in [1.54, 1.807) is 9.80 Å². The number of halogens is 4. The van der Waals surface area contributed by atoms with E-state index in [-0.39, 0.29) is 43.8 Å². The van der Waals surface area contributed by atoms with E-state index in [0.717, 1.165) is 12.8 Å². The van der Waals surface area contributed by atoms with Crippen LogP contribution in [0.5, 0.6) is 5.75 Å². The number of nitrogens with one attached hydrogen (secondary N) is 2. The molecule has 0 spiro atoms. The Hall–Kier alpha value is -2.40. The number of rotatable bonds is 4. The number of carbonyl (C=O) groups excluding carboxylic acids is 2. The molecule has 1 aromatic rings. The van der Waals surface area contributed by atoms with Crippen molar-refractivity contribution in [1.82, 2.24) is 20.7 Å². The number of hydrazine groups is 1. The van der Waals surface area contributed by atoms with E-state index in [4.69, 9.17) is 4.74 Å². The second-order valence-electron chi connectivity index (χ2n) is 8.70. The molecule has 1 aromatic carbocycles. The molecule has 0 bridgehead atoms. The minimum atomic E-state index is -4.68. The van der Waals surface area contributed by atoms with Crippen LogP contribution < -0.4 is 15.6 Å². The van der Waals surface area contributed by atoms with Gasteiger partial charge in [0.2, 0.25) is 11.8 Å². The van der Waals surface area contributed by atoms with Crippen LogP contribution in [0.2, 0.25) is 0 Å². The number of carbonyl (C=O) groups is 2. The zero-order chi connectivity index (χ0) is 23.0. The number of amides is 2. The Morgan fingerprint density at radius 1 is 1.25 bits per heavy atom. The van der Waals surface area contributed by atoms with Crippen LogP contribution in [0, 0.1) is 17.7 Å². The Morgan fingerprint density at radius 2 is 1.97 bits per heavy atom. The van der Waals surface area contributed by atoms with Crippen LogP contribution >= 0.6 is 0 Å². The Balaban J connectivity index is 1.43. The van der Waals surface area contributed by atoms with Gasteiger partial charge >= 0.3 is 6.18 Å². The van der Waals surface area contributed by atoms with Crippen LogP contribution in [0.25, 0.3) is 0 Å². The maximum absolute atomic E-state index is 14.6. The minimum Gasteiger partial charge on any atom is -0.490 e. The van der Waals surface area contributed by atoms with E-state index in [9.17, 15) is 27.2 Å². The Labute approximate surface area is 183 Å². The fourth-order valence-electron chi connectivity index (χ4n) is 4.78. The van der Waals surface area contributed by atoms with Crippen molar-refractivity contribution in [3.05, 3.63) is 29.1 Å². The van der Waals surface area contributed by atoms with E-state index in [2.05, 4.69) is 5.43 Å². The third-order valence-electron chi connectivity index (χ3n) is 6.45. The van der Waals surface area contributed by atoms with Gasteiger partial charge in [0.15, 0.2) is 17.5 Å². The van der Waals surface area contributed by atoms with Crippen LogP contribution in [-0.2, 0) is 22.7 Å². The van der Waals surface area contributed by atoms with E-state index in [1.807, 2.05) is 5.43 Å². The molecule has 176 valence electrons. The van der Waals surface area contributed by atoms with Gasteiger partial charge in [0, 0.05) is 51.6 Å². The highest BCUT2D eigenvalue weighted by molar-refractivity contribution is 5.80. The molecule has 3 aliphatic rings. The first-order valence-electron chi connectivity index (χ1n) is 10.7. The monoisotopic (exact) mass is 458 g/mol. The highest BCUT2D eigenvalue weighted by atomic mass is 19.4. The first kappa shape index (κ1) is 22.8. The van der Waals surface area contributed by atoms with E-state index >= 15 is 0 Å². The van der Waals surface area contributed by atoms with Crippen molar-refractivity contribution in [2.75, 3.05) is 26.2 Å². The highest BCUT2D eigenvalue weighted by Gasteiger charge is 2.53. The van der Waals surface area contributed by atoms with Gasteiger partial charge in [0.05, 0.1) is 6.61 Å². The smallest absolute Gasteiger partial charge is 0.402 e. The number of likely N-dealkylation sites (tertiary alicyclic amines) is 1. The molecule has 0 saturated carbocycles. The highest BCUT2D eigenvalue weighted by Crippen LogP contribution is 2.37. The summed E-state index contributed by atoms with van der Waals surface area (Å²) in [7, 11) is 0. The van der Waals surface area contributed by atoms with Gasteiger partial charge in [-0.3, -0.25) is 19.9 Å². The second-order valence-corrected chi connectivity index (χ2v) is 8.70. The Morgan fingerprint density at radius 3 is 2.66 bits per heavy atom. The van der Waals surface area contributed by atoms with Crippen LogP contribution in [0.4, 0.5) is 17.6 Å². The van der Waals surface area contributed by atoms with E-state index in [0.29, 0.717) is 24.2 Å². The molecule has 2 saturated heterocycles. The van der Waals surface area contributed by atoms with Gasteiger partial charge in [-0.2, -0.15) is 13.2 Å².